The van der Waals surface area contributed by atoms with Crippen LogP contribution < -0.4 is 14.8 Å². The van der Waals surface area contributed by atoms with Crippen LogP contribution in [0.4, 0.5) is 5.13 Å². The molecule has 0 spiro atoms. The third kappa shape index (κ3) is 3.81. The lowest BCUT2D eigenvalue weighted by molar-refractivity contribution is 0.102. The summed E-state index contributed by atoms with van der Waals surface area (Å²) in [5, 5.41) is 3.84. The number of benzene rings is 2. The number of ether oxygens (including phenoxy) is 2. The maximum atomic E-state index is 12.4. The van der Waals surface area contributed by atoms with Gasteiger partial charge in [-0.15, -0.1) is 11.3 Å². The molecule has 0 aliphatic heterocycles. The van der Waals surface area contributed by atoms with E-state index in [0.717, 1.165) is 16.1 Å². The van der Waals surface area contributed by atoms with Gasteiger partial charge in [0, 0.05) is 21.0 Å². The van der Waals surface area contributed by atoms with Crippen molar-refractivity contribution in [3.05, 3.63) is 57.9 Å². The van der Waals surface area contributed by atoms with Crippen molar-refractivity contribution in [2.45, 2.75) is 6.92 Å². The summed E-state index contributed by atoms with van der Waals surface area (Å²) in [7, 11) is 3.21. The van der Waals surface area contributed by atoms with Crippen molar-refractivity contribution >= 4 is 34.0 Å². The molecule has 0 unspecified atom stereocenters. The van der Waals surface area contributed by atoms with Crippen molar-refractivity contribution in [1.29, 1.82) is 0 Å². The number of anilines is 1. The van der Waals surface area contributed by atoms with E-state index in [2.05, 4.69) is 10.3 Å². The molecule has 3 rings (SSSR count). The van der Waals surface area contributed by atoms with Gasteiger partial charge in [-0.25, -0.2) is 4.98 Å². The highest BCUT2D eigenvalue weighted by Crippen LogP contribution is 2.38. The van der Waals surface area contributed by atoms with Gasteiger partial charge in [-0.1, -0.05) is 17.7 Å². The van der Waals surface area contributed by atoms with Crippen molar-refractivity contribution in [3.8, 4) is 22.8 Å². The van der Waals surface area contributed by atoms with E-state index in [4.69, 9.17) is 21.1 Å². The number of amides is 1. The molecular weight excluding hydrogens is 372 g/mol. The SMILES string of the molecule is COc1ccc(OC)c(-c2nc(NC(=O)c3cccc(Cl)c3)sc2C)c1. The molecule has 0 fully saturated rings. The summed E-state index contributed by atoms with van der Waals surface area (Å²) in [5.74, 6) is 1.13. The van der Waals surface area contributed by atoms with E-state index in [-0.39, 0.29) is 5.91 Å². The molecule has 0 bridgehead atoms. The lowest BCUT2D eigenvalue weighted by Gasteiger charge is -2.09. The monoisotopic (exact) mass is 388 g/mol. The minimum atomic E-state index is -0.259. The Morgan fingerprint density at radius 1 is 1.15 bits per heavy atom. The van der Waals surface area contributed by atoms with E-state index >= 15 is 0 Å². The van der Waals surface area contributed by atoms with Crippen molar-refractivity contribution in [1.82, 2.24) is 4.98 Å². The largest absolute Gasteiger partial charge is 0.497 e. The van der Waals surface area contributed by atoms with Crippen molar-refractivity contribution < 1.29 is 14.3 Å². The molecule has 1 amide bonds. The maximum Gasteiger partial charge on any atom is 0.257 e. The molecule has 2 aromatic carbocycles. The molecule has 26 heavy (non-hydrogen) atoms. The number of aromatic nitrogens is 1. The average molecular weight is 389 g/mol. The van der Waals surface area contributed by atoms with Crippen LogP contribution in [-0.2, 0) is 0 Å². The smallest absolute Gasteiger partial charge is 0.257 e. The van der Waals surface area contributed by atoms with Gasteiger partial charge in [0.1, 0.15) is 11.5 Å². The minimum Gasteiger partial charge on any atom is -0.497 e. The van der Waals surface area contributed by atoms with Gasteiger partial charge < -0.3 is 9.47 Å². The van der Waals surface area contributed by atoms with E-state index in [1.165, 1.54) is 11.3 Å². The molecule has 3 aromatic rings. The molecule has 5 nitrogen and oxygen atoms in total. The molecule has 0 aliphatic rings. The standard InChI is InChI=1S/C19H17ClN2O3S/c1-11-17(15-10-14(24-2)7-8-16(15)25-3)21-19(26-11)22-18(23)12-5-4-6-13(20)9-12/h4-10H,1-3H3,(H,21,22,23). The molecule has 0 saturated carbocycles. The van der Waals surface area contributed by atoms with E-state index in [0.29, 0.717) is 27.2 Å². The summed E-state index contributed by atoms with van der Waals surface area (Å²) >= 11 is 7.34. The lowest BCUT2D eigenvalue weighted by Crippen LogP contribution is -2.11. The topological polar surface area (TPSA) is 60.5 Å². The lowest BCUT2D eigenvalue weighted by atomic mass is 10.1. The summed E-state index contributed by atoms with van der Waals surface area (Å²) in [6.07, 6.45) is 0. The van der Waals surface area contributed by atoms with Crippen LogP contribution in [-0.4, -0.2) is 25.1 Å². The van der Waals surface area contributed by atoms with Crippen LogP contribution in [0.1, 0.15) is 15.2 Å². The second-order valence-electron chi connectivity index (χ2n) is 5.45. The number of carbonyl (C=O) groups excluding carboxylic acids is 1. The van der Waals surface area contributed by atoms with E-state index in [9.17, 15) is 4.79 Å². The number of hydrogen-bond acceptors (Lipinski definition) is 5. The second-order valence-corrected chi connectivity index (χ2v) is 7.09. The Hall–Kier alpha value is -2.57. The molecule has 134 valence electrons. The predicted octanol–water partition coefficient (Wildman–Crippen LogP) is 5.04. The number of carbonyl (C=O) groups is 1. The first-order valence-corrected chi connectivity index (χ1v) is 8.98. The van der Waals surface area contributed by atoms with Crippen molar-refractivity contribution in [3.63, 3.8) is 0 Å². The number of nitrogens with zero attached hydrogens (tertiary/aromatic N) is 1. The summed E-state index contributed by atoms with van der Waals surface area (Å²) < 4.78 is 10.7. The number of thiazole rings is 1. The molecule has 0 atom stereocenters. The fraction of sp³-hybridized carbons (Fsp3) is 0.158. The highest BCUT2D eigenvalue weighted by Gasteiger charge is 2.17. The van der Waals surface area contributed by atoms with Crippen LogP contribution in [0.2, 0.25) is 5.02 Å². The zero-order valence-corrected chi connectivity index (χ0v) is 16.1. The van der Waals surface area contributed by atoms with Crippen LogP contribution in [0.5, 0.6) is 11.5 Å². The quantitative estimate of drug-likeness (QED) is 0.665. The number of aryl methyl sites for hydroxylation is 1. The average Bonchev–Trinajstić information content (AvgIpc) is 3.01. The Bertz CT molecular complexity index is 956. The number of halogens is 1. The van der Waals surface area contributed by atoms with Crippen LogP contribution in [0.15, 0.2) is 42.5 Å². The molecular formula is C19H17ClN2O3S. The molecule has 1 aromatic heterocycles. The summed E-state index contributed by atoms with van der Waals surface area (Å²) in [6, 6.07) is 12.3. The summed E-state index contributed by atoms with van der Waals surface area (Å²) in [5.41, 5.74) is 2.03. The minimum absolute atomic E-state index is 0.259. The Kier molecular flexibility index (Phi) is 5.44. The second kappa shape index (κ2) is 7.76. The zero-order valence-electron chi connectivity index (χ0n) is 14.5. The van der Waals surface area contributed by atoms with Gasteiger partial charge in [0.15, 0.2) is 5.13 Å². The Balaban J connectivity index is 1.91. The van der Waals surface area contributed by atoms with Gasteiger partial charge in [0.25, 0.3) is 5.91 Å². The van der Waals surface area contributed by atoms with Crippen LogP contribution >= 0.6 is 22.9 Å². The molecule has 1 N–H and O–H groups in total. The van der Waals surface area contributed by atoms with Gasteiger partial charge in [-0.05, 0) is 43.3 Å². The third-order valence-electron chi connectivity index (χ3n) is 3.77. The van der Waals surface area contributed by atoms with Gasteiger partial charge in [0.2, 0.25) is 0 Å². The predicted molar refractivity (Wildman–Crippen MR) is 105 cm³/mol. The molecule has 1 heterocycles. The fourth-order valence-electron chi connectivity index (χ4n) is 2.50. The van der Waals surface area contributed by atoms with E-state index in [1.807, 2.05) is 25.1 Å². The van der Waals surface area contributed by atoms with Gasteiger partial charge in [-0.2, -0.15) is 0 Å². The first-order chi connectivity index (χ1) is 12.5. The van der Waals surface area contributed by atoms with Crippen LogP contribution in [0, 0.1) is 6.92 Å². The number of hydrogen-bond donors (Lipinski definition) is 1. The zero-order chi connectivity index (χ0) is 18.7. The van der Waals surface area contributed by atoms with E-state index in [1.54, 1.807) is 38.5 Å². The normalized spacial score (nSPS) is 10.5. The third-order valence-corrected chi connectivity index (χ3v) is 4.89. The molecule has 0 saturated heterocycles. The Labute approximate surface area is 160 Å². The number of nitrogens with one attached hydrogen (secondary N) is 1. The van der Waals surface area contributed by atoms with Crippen molar-refractivity contribution in [2.24, 2.45) is 0 Å². The Morgan fingerprint density at radius 2 is 1.96 bits per heavy atom. The van der Waals surface area contributed by atoms with Gasteiger partial charge >= 0.3 is 0 Å². The fourth-order valence-corrected chi connectivity index (χ4v) is 3.51. The summed E-state index contributed by atoms with van der Waals surface area (Å²) in [6.45, 7) is 1.95. The molecule has 7 heteroatoms. The van der Waals surface area contributed by atoms with E-state index < -0.39 is 0 Å². The molecule has 0 aliphatic carbocycles. The van der Waals surface area contributed by atoms with Crippen LogP contribution in [0.25, 0.3) is 11.3 Å². The molecule has 0 radical (unpaired) electrons. The summed E-state index contributed by atoms with van der Waals surface area (Å²) in [4.78, 5) is 17.9. The number of rotatable bonds is 5. The highest BCUT2D eigenvalue weighted by molar-refractivity contribution is 7.16. The van der Waals surface area contributed by atoms with Crippen LogP contribution in [0.3, 0.4) is 0 Å². The number of methoxy groups -OCH3 is 2. The van der Waals surface area contributed by atoms with Gasteiger partial charge in [-0.3, -0.25) is 10.1 Å². The van der Waals surface area contributed by atoms with Gasteiger partial charge in [0.05, 0.1) is 19.9 Å². The maximum absolute atomic E-state index is 12.4. The first-order valence-electron chi connectivity index (χ1n) is 7.78. The van der Waals surface area contributed by atoms with Crippen molar-refractivity contribution in [2.75, 3.05) is 19.5 Å². The highest BCUT2D eigenvalue weighted by atomic mass is 35.5. The Morgan fingerprint density at radius 3 is 2.65 bits per heavy atom. The first kappa shape index (κ1) is 18.2.